The van der Waals surface area contributed by atoms with Crippen molar-refractivity contribution in [1.82, 2.24) is 14.8 Å². The van der Waals surface area contributed by atoms with E-state index in [1.807, 2.05) is 0 Å². The maximum Gasteiger partial charge on any atom is 0.433 e. The van der Waals surface area contributed by atoms with Gasteiger partial charge >= 0.3 is 6.18 Å². The van der Waals surface area contributed by atoms with Crippen LogP contribution in [0.15, 0.2) is 71.8 Å². The minimum Gasteiger partial charge on any atom is -0.288 e. The largest absolute Gasteiger partial charge is 0.433 e. The second-order valence-electron chi connectivity index (χ2n) is 6.88. The average Bonchev–Trinajstić information content (AvgIpc) is 2.78. The van der Waals surface area contributed by atoms with E-state index in [0.29, 0.717) is 5.56 Å². The van der Waals surface area contributed by atoms with Crippen LogP contribution in [0.3, 0.4) is 0 Å². The Balaban J connectivity index is 2.03. The zero-order valence-corrected chi connectivity index (χ0v) is 17.6. The third-order valence-electron chi connectivity index (χ3n) is 4.62. The number of amides is 1. The van der Waals surface area contributed by atoms with Crippen LogP contribution < -0.4 is 5.48 Å². The quantitative estimate of drug-likeness (QED) is 0.303. The maximum atomic E-state index is 13.7. The van der Waals surface area contributed by atoms with Gasteiger partial charge in [-0.1, -0.05) is 24.3 Å². The highest BCUT2D eigenvalue weighted by atomic mass is 32.2. The number of pyridine rings is 1. The summed E-state index contributed by atoms with van der Waals surface area (Å²) in [5.41, 5.74) is 0.238. The van der Waals surface area contributed by atoms with Crippen LogP contribution in [0, 0.1) is 5.82 Å². The van der Waals surface area contributed by atoms with Gasteiger partial charge in [0.25, 0.3) is 5.91 Å². The summed E-state index contributed by atoms with van der Waals surface area (Å²) in [4.78, 5) is 14.4. The first kappa shape index (κ1) is 24.3. The number of halogens is 4. The van der Waals surface area contributed by atoms with E-state index in [0.717, 1.165) is 34.8 Å². The van der Waals surface area contributed by atoms with E-state index in [4.69, 9.17) is 5.21 Å². The zero-order valence-electron chi connectivity index (χ0n) is 16.8. The highest BCUT2D eigenvalue weighted by molar-refractivity contribution is 7.89. The lowest BCUT2D eigenvalue weighted by atomic mass is 10.1. The minimum absolute atomic E-state index is 0.0763. The molecule has 0 saturated carbocycles. The molecule has 0 aliphatic heterocycles. The van der Waals surface area contributed by atoms with Gasteiger partial charge in [-0.05, 0) is 47.5 Å². The van der Waals surface area contributed by atoms with E-state index in [2.05, 4.69) is 4.98 Å². The Morgan fingerprint density at radius 3 is 2.33 bits per heavy atom. The van der Waals surface area contributed by atoms with Crippen molar-refractivity contribution in [2.45, 2.75) is 24.2 Å². The van der Waals surface area contributed by atoms with Crippen molar-refractivity contribution in [1.29, 1.82) is 0 Å². The molecule has 7 nitrogen and oxygen atoms in total. The first-order chi connectivity index (χ1) is 15.5. The molecule has 2 aromatic carbocycles. The van der Waals surface area contributed by atoms with E-state index in [1.165, 1.54) is 41.9 Å². The zero-order chi connectivity index (χ0) is 24.2. The molecule has 1 heterocycles. The van der Waals surface area contributed by atoms with Crippen molar-refractivity contribution in [3.05, 3.63) is 95.1 Å². The topological polar surface area (TPSA) is 99.6 Å². The highest BCUT2D eigenvalue weighted by Crippen LogP contribution is 2.32. The molecule has 12 heteroatoms. The van der Waals surface area contributed by atoms with E-state index < -0.39 is 45.1 Å². The summed E-state index contributed by atoms with van der Waals surface area (Å²) in [7, 11) is -4.43. The minimum atomic E-state index is -4.82. The fourth-order valence-corrected chi connectivity index (χ4v) is 4.48. The predicted molar refractivity (Wildman–Crippen MR) is 108 cm³/mol. The summed E-state index contributed by atoms with van der Waals surface area (Å²) < 4.78 is 81.2. The van der Waals surface area contributed by atoms with Gasteiger partial charge in [-0.3, -0.25) is 15.0 Å². The van der Waals surface area contributed by atoms with Crippen molar-refractivity contribution in [3.8, 4) is 0 Å². The number of benzene rings is 2. The molecule has 1 amide bonds. The Labute approximate surface area is 186 Å². The molecule has 0 spiro atoms. The number of rotatable bonds is 7. The summed E-state index contributed by atoms with van der Waals surface area (Å²) in [5, 5.41) is 8.70. The fourth-order valence-electron chi connectivity index (χ4n) is 3.04. The normalized spacial score (nSPS) is 12.1. The summed E-state index contributed by atoms with van der Waals surface area (Å²) in [6.45, 7) is -1.08. The van der Waals surface area contributed by atoms with Crippen molar-refractivity contribution < 1.29 is 36.0 Å². The molecule has 0 radical (unpaired) electrons. The third-order valence-corrected chi connectivity index (χ3v) is 6.40. The molecule has 0 fully saturated rings. The number of nitrogens with zero attached hydrogens (tertiary/aromatic N) is 2. The van der Waals surface area contributed by atoms with Crippen molar-refractivity contribution in [2.24, 2.45) is 0 Å². The lowest BCUT2D eigenvalue weighted by Gasteiger charge is -2.24. The average molecular weight is 483 g/mol. The van der Waals surface area contributed by atoms with Crippen molar-refractivity contribution in [3.63, 3.8) is 0 Å². The summed E-state index contributed by atoms with van der Waals surface area (Å²) >= 11 is 0. The standard InChI is InChI=1S/C21H17F4N3O4S/c22-17-4-1-5-18(11-17)33(31,32)28(12-14-6-8-15(9-7-14)20(29)27-30)13-16-3-2-10-26-19(16)21(23,24)25/h1-11,30H,12-13H2,(H,27,29). The summed E-state index contributed by atoms with van der Waals surface area (Å²) in [6.07, 6.45) is -3.87. The Morgan fingerprint density at radius 1 is 1.03 bits per heavy atom. The predicted octanol–water partition coefficient (Wildman–Crippen LogP) is 3.75. The van der Waals surface area contributed by atoms with Gasteiger partial charge in [-0.2, -0.15) is 17.5 Å². The number of carbonyl (C=O) groups is 1. The number of sulfonamides is 1. The Bertz CT molecular complexity index is 1250. The first-order valence-corrected chi connectivity index (χ1v) is 10.8. The molecule has 3 aromatic rings. The smallest absolute Gasteiger partial charge is 0.288 e. The molecular weight excluding hydrogens is 466 g/mol. The molecule has 3 rings (SSSR count). The number of hydroxylamine groups is 1. The van der Waals surface area contributed by atoms with Crippen LogP contribution in [0.1, 0.15) is 27.2 Å². The van der Waals surface area contributed by atoms with Gasteiger partial charge in [0.15, 0.2) is 0 Å². The number of carbonyl (C=O) groups excluding carboxylic acids is 1. The number of hydrogen-bond acceptors (Lipinski definition) is 5. The van der Waals surface area contributed by atoms with Gasteiger partial charge in [0.1, 0.15) is 11.5 Å². The fraction of sp³-hybridized carbons (Fsp3) is 0.143. The molecule has 0 bridgehead atoms. The molecule has 174 valence electrons. The molecule has 0 atom stereocenters. The maximum absolute atomic E-state index is 13.7. The number of aromatic nitrogens is 1. The van der Waals surface area contributed by atoms with Crippen LogP contribution in [0.25, 0.3) is 0 Å². The second kappa shape index (κ2) is 9.65. The Hall–Kier alpha value is -3.35. The monoisotopic (exact) mass is 483 g/mol. The third kappa shape index (κ3) is 5.72. The van der Waals surface area contributed by atoms with E-state index >= 15 is 0 Å². The van der Waals surface area contributed by atoms with Crippen LogP contribution >= 0.6 is 0 Å². The van der Waals surface area contributed by atoms with Crippen LogP contribution in [-0.2, 0) is 29.3 Å². The van der Waals surface area contributed by atoms with Crippen LogP contribution in [0.5, 0.6) is 0 Å². The van der Waals surface area contributed by atoms with Crippen molar-refractivity contribution >= 4 is 15.9 Å². The number of alkyl halides is 3. The van der Waals surface area contributed by atoms with Gasteiger partial charge in [0, 0.05) is 24.8 Å². The van der Waals surface area contributed by atoms with E-state index in [1.54, 1.807) is 0 Å². The van der Waals surface area contributed by atoms with Crippen molar-refractivity contribution in [2.75, 3.05) is 0 Å². The molecule has 1 aromatic heterocycles. The molecule has 0 unspecified atom stereocenters. The Kier molecular flexibility index (Phi) is 7.10. The Morgan fingerprint density at radius 2 is 1.73 bits per heavy atom. The molecule has 0 aliphatic carbocycles. The van der Waals surface area contributed by atoms with Crippen LogP contribution in [-0.4, -0.2) is 28.8 Å². The SMILES string of the molecule is O=C(NO)c1ccc(CN(Cc2cccnc2C(F)(F)F)S(=O)(=O)c2cccc(F)c2)cc1. The molecule has 2 N–H and O–H groups in total. The lowest BCUT2D eigenvalue weighted by Crippen LogP contribution is -2.31. The molecule has 0 aliphatic rings. The van der Waals surface area contributed by atoms with Gasteiger partial charge in [-0.25, -0.2) is 18.3 Å². The molecule has 33 heavy (non-hydrogen) atoms. The lowest BCUT2D eigenvalue weighted by molar-refractivity contribution is -0.142. The van der Waals surface area contributed by atoms with Gasteiger partial charge < -0.3 is 0 Å². The molecule has 0 saturated heterocycles. The highest BCUT2D eigenvalue weighted by Gasteiger charge is 2.36. The van der Waals surface area contributed by atoms with E-state index in [-0.39, 0.29) is 17.7 Å². The number of hydrogen-bond donors (Lipinski definition) is 2. The van der Waals surface area contributed by atoms with Crippen LogP contribution in [0.2, 0.25) is 0 Å². The van der Waals surface area contributed by atoms with Gasteiger partial charge in [-0.15, -0.1) is 0 Å². The molecular formula is C21H17F4N3O4S. The van der Waals surface area contributed by atoms with Crippen LogP contribution in [0.4, 0.5) is 17.6 Å². The second-order valence-corrected chi connectivity index (χ2v) is 8.82. The summed E-state index contributed by atoms with van der Waals surface area (Å²) in [6, 6.07) is 11.8. The first-order valence-electron chi connectivity index (χ1n) is 9.32. The summed E-state index contributed by atoms with van der Waals surface area (Å²) in [5.74, 6) is -1.62. The van der Waals surface area contributed by atoms with E-state index in [9.17, 15) is 30.8 Å². The van der Waals surface area contributed by atoms with Gasteiger partial charge in [0.2, 0.25) is 10.0 Å². The van der Waals surface area contributed by atoms with Gasteiger partial charge in [0.05, 0.1) is 4.90 Å². The number of nitrogens with one attached hydrogen (secondary N) is 1.